The number of benzene rings is 3. The summed E-state index contributed by atoms with van der Waals surface area (Å²) >= 11 is 0. The first-order valence-electron chi connectivity index (χ1n) is 14.3. The molecule has 1 fully saturated rings. The second-order valence-electron chi connectivity index (χ2n) is 10.7. The fraction of sp³-hybridized carbons (Fsp3) is 0.412. The molecule has 1 unspecified atom stereocenters. The van der Waals surface area contributed by atoms with E-state index >= 15 is 8.78 Å². The number of allylic oxidation sites excluding steroid dienone is 1. The van der Waals surface area contributed by atoms with Gasteiger partial charge in [0.2, 0.25) is 0 Å². The Bertz CT molecular complexity index is 1250. The number of hydrogen-bond acceptors (Lipinski definition) is 3. The Kier molecular flexibility index (Phi) is 10.7. The molecule has 1 aliphatic rings. The smallest absolute Gasteiger partial charge is 0.168 e. The quantitative estimate of drug-likeness (QED) is 0.170. The van der Waals surface area contributed by atoms with Crippen molar-refractivity contribution in [2.75, 3.05) is 6.61 Å². The van der Waals surface area contributed by atoms with E-state index in [9.17, 15) is 9.50 Å². The minimum atomic E-state index is -0.844. The van der Waals surface area contributed by atoms with Crippen molar-refractivity contribution in [1.29, 1.82) is 0 Å². The highest BCUT2D eigenvalue weighted by Crippen LogP contribution is 2.40. The second-order valence-corrected chi connectivity index (χ2v) is 10.7. The first-order chi connectivity index (χ1) is 19.4. The van der Waals surface area contributed by atoms with Crippen LogP contribution in [0.1, 0.15) is 75.3 Å². The van der Waals surface area contributed by atoms with Gasteiger partial charge < -0.3 is 14.6 Å². The summed E-state index contributed by atoms with van der Waals surface area (Å²) in [5.41, 5.74) is 1.95. The number of ether oxygens (including phenoxy) is 2. The third-order valence-corrected chi connectivity index (χ3v) is 7.84. The number of halogens is 3. The highest BCUT2D eigenvalue weighted by Gasteiger charge is 2.29. The maximum absolute atomic E-state index is 15.2. The average Bonchev–Trinajstić information content (AvgIpc) is 2.97. The maximum Gasteiger partial charge on any atom is 0.168 e. The first-order valence-corrected chi connectivity index (χ1v) is 14.3. The Morgan fingerprint density at radius 2 is 1.70 bits per heavy atom. The lowest BCUT2D eigenvalue weighted by Gasteiger charge is -2.32. The average molecular weight is 553 g/mol. The summed E-state index contributed by atoms with van der Waals surface area (Å²) in [5, 5.41) is 10.3. The molecule has 1 N–H and O–H groups in total. The van der Waals surface area contributed by atoms with Crippen LogP contribution >= 0.6 is 0 Å². The fourth-order valence-corrected chi connectivity index (χ4v) is 5.50. The van der Waals surface area contributed by atoms with Gasteiger partial charge in [0.05, 0.1) is 12.7 Å². The van der Waals surface area contributed by atoms with E-state index in [1.165, 1.54) is 12.1 Å². The zero-order valence-electron chi connectivity index (χ0n) is 23.2. The van der Waals surface area contributed by atoms with Crippen molar-refractivity contribution in [3.63, 3.8) is 0 Å². The Morgan fingerprint density at radius 1 is 0.950 bits per heavy atom. The summed E-state index contributed by atoms with van der Waals surface area (Å²) in [5.74, 6) is -1.38. The molecule has 1 aliphatic carbocycles. The monoisotopic (exact) mass is 552 g/mol. The molecule has 0 heterocycles. The number of aliphatic hydroxyl groups is 1. The van der Waals surface area contributed by atoms with Crippen LogP contribution in [0.5, 0.6) is 11.5 Å². The third-order valence-electron chi connectivity index (χ3n) is 7.84. The van der Waals surface area contributed by atoms with Gasteiger partial charge in [-0.1, -0.05) is 55.8 Å². The topological polar surface area (TPSA) is 38.7 Å². The van der Waals surface area contributed by atoms with Gasteiger partial charge in [0.25, 0.3) is 0 Å². The van der Waals surface area contributed by atoms with E-state index in [0.717, 1.165) is 56.9 Å². The highest BCUT2D eigenvalue weighted by molar-refractivity contribution is 5.65. The molecular formula is C34H39F3O3. The van der Waals surface area contributed by atoms with Gasteiger partial charge in [-0.25, -0.2) is 13.2 Å². The van der Waals surface area contributed by atoms with Crippen LogP contribution in [-0.2, 0) is 6.61 Å². The van der Waals surface area contributed by atoms with Crippen LogP contribution in [0.4, 0.5) is 13.2 Å². The molecule has 214 valence electrons. The standard InChI is InChI=1S/C34H39F3O3/c1-3-5-6-20-39-27-16-19-32(30(35)21-27)40-22-23-8-10-24(11-9-23)28-17-18-29(34(37)33(28)36)25-12-14-26(15-13-25)31(38)7-4-2/h3,8-11,16-19,21,25-26,31,38H,1,4-7,12-15,20,22H2,2H3. The van der Waals surface area contributed by atoms with Crippen molar-refractivity contribution in [1.82, 2.24) is 0 Å². The maximum atomic E-state index is 15.2. The molecule has 0 saturated heterocycles. The minimum absolute atomic E-state index is 0.0357. The molecule has 0 amide bonds. The summed E-state index contributed by atoms with van der Waals surface area (Å²) in [6.07, 6.45) is 8.04. The van der Waals surface area contributed by atoms with E-state index in [1.807, 2.05) is 6.08 Å². The SMILES string of the molecule is C=CCCCOc1ccc(OCc2ccc(-c3ccc(C4CCC(C(O)CCC)CC4)c(F)c3F)cc2)c(F)c1. The summed E-state index contributed by atoms with van der Waals surface area (Å²) in [7, 11) is 0. The van der Waals surface area contributed by atoms with E-state index < -0.39 is 17.5 Å². The van der Waals surface area contributed by atoms with Crippen LogP contribution in [-0.4, -0.2) is 17.8 Å². The largest absolute Gasteiger partial charge is 0.493 e. The van der Waals surface area contributed by atoms with Crippen molar-refractivity contribution >= 4 is 0 Å². The lowest BCUT2D eigenvalue weighted by molar-refractivity contribution is 0.0727. The van der Waals surface area contributed by atoms with E-state index in [0.29, 0.717) is 23.5 Å². The number of hydrogen-bond donors (Lipinski definition) is 1. The van der Waals surface area contributed by atoms with E-state index in [2.05, 4.69) is 13.5 Å². The molecule has 1 saturated carbocycles. The molecule has 0 bridgehead atoms. The Balaban J connectivity index is 1.35. The van der Waals surface area contributed by atoms with Gasteiger partial charge >= 0.3 is 0 Å². The molecule has 1 atom stereocenters. The molecule has 0 aliphatic heterocycles. The van der Waals surface area contributed by atoms with Crippen LogP contribution in [0, 0.1) is 23.4 Å². The van der Waals surface area contributed by atoms with Crippen molar-refractivity contribution < 1.29 is 27.8 Å². The number of unbranched alkanes of at least 4 members (excludes halogenated alkanes) is 1. The second kappa shape index (κ2) is 14.4. The summed E-state index contributed by atoms with van der Waals surface area (Å²) in [6, 6.07) is 14.8. The number of rotatable bonds is 13. The van der Waals surface area contributed by atoms with E-state index in [4.69, 9.17) is 9.47 Å². The molecule has 0 spiro atoms. The van der Waals surface area contributed by atoms with Gasteiger partial charge in [-0.3, -0.25) is 0 Å². The number of aliphatic hydroxyl groups excluding tert-OH is 1. The fourth-order valence-electron chi connectivity index (χ4n) is 5.50. The van der Waals surface area contributed by atoms with Crippen LogP contribution in [0.25, 0.3) is 11.1 Å². The Morgan fingerprint density at radius 3 is 2.38 bits per heavy atom. The van der Waals surface area contributed by atoms with Crippen molar-refractivity contribution in [2.45, 2.75) is 76.9 Å². The predicted octanol–water partition coefficient (Wildman–Crippen LogP) is 9.13. The van der Waals surface area contributed by atoms with Gasteiger partial charge in [0, 0.05) is 11.6 Å². The molecule has 3 nitrogen and oxygen atoms in total. The molecule has 3 aromatic rings. The minimum Gasteiger partial charge on any atom is -0.493 e. The lowest BCUT2D eigenvalue weighted by Crippen LogP contribution is -2.25. The van der Waals surface area contributed by atoms with Gasteiger partial charge in [0.1, 0.15) is 12.4 Å². The first kappa shape index (κ1) is 29.7. The molecular weight excluding hydrogens is 513 g/mol. The normalized spacial score (nSPS) is 17.8. The zero-order chi connectivity index (χ0) is 28.5. The Labute approximate surface area is 235 Å². The lowest BCUT2D eigenvalue weighted by atomic mass is 9.75. The predicted molar refractivity (Wildman–Crippen MR) is 153 cm³/mol. The summed E-state index contributed by atoms with van der Waals surface area (Å²) in [6.45, 7) is 6.33. The van der Waals surface area contributed by atoms with Crippen LogP contribution in [0.3, 0.4) is 0 Å². The van der Waals surface area contributed by atoms with Gasteiger partial charge in [-0.2, -0.15) is 0 Å². The summed E-state index contributed by atoms with van der Waals surface area (Å²) < 4.78 is 56.0. The van der Waals surface area contributed by atoms with Crippen molar-refractivity contribution in [3.8, 4) is 22.6 Å². The molecule has 0 radical (unpaired) electrons. The van der Waals surface area contributed by atoms with Crippen molar-refractivity contribution in [2.24, 2.45) is 5.92 Å². The third kappa shape index (κ3) is 7.48. The van der Waals surface area contributed by atoms with Crippen LogP contribution in [0.15, 0.2) is 67.3 Å². The zero-order valence-corrected chi connectivity index (χ0v) is 23.2. The molecule has 0 aromatic heterocycles. The van der Waals surface area contributed by atoms with E-state index in [-0.39, 0.29) is 35.9 Å². The van der Waals surface area contributed by atoms with Crippen molar-refractivity contribution in [3.05, 3.63) is 95.8 Å². The van der Waals surface area contributed by atoms with E-state index in [1.54, 1.807) is 42.5 Å². The van der Waals surface area contributed by atoms with Gasteiger partial charge in [-0.15, -0.1) is 6.58 Å². The molecule has 3 aromatic carbocycles. The van der Waals surface area contributed by atoms with Crippen LogP contribution < -0.4 is 9.47 Å². The highest BCUT2D eigenvalue weighted by atomic mass is 19.2. The molecule has 40 heavy (non-hydrogen) atoms. The Hall–Kier alpha value is -3.25. The molecule has 4 rings (SSSR count). The summed E-state index contributed by atoms with van der Waals surface area (Å²) in [4.78, 5) is 0. The van der Waals surface area contributed by atoms with Gasteiger partial charge in [0.15, 0.2) is 23.2 Å². The van der Waals surface area contributed by atoms with Gasteiger partial charge in [-0.05, 0) is 85.6 Å². The molecule has 6 heteroatoms. The van der Waals surface area contributed by atoms with Crippen LogP contribution in [0.2, 0.25) is 0 Å².